The van der Waals surface area contributed by atoms with Crippen LogP contribution in [0.4, 0.5) is 0 Å². The molecule has 0 unspecified atom stereocenters. The summed E-state index contributed by atoms with van der Waals surface area (Å²) in [7, 11) is 1.55. The smallest absolute Gasteiger partial charge is 0.302 e. The van der Waals surface area contributed by atoms with Gasteiger partial charge in [0.1, 0.15) is 24.9 Å². The van der Waals surface area contributed by atoms with Crippen molar-refractivity contribution in [3.05, 3.63) is 0 Å². The lowest BCUT2D eigenvalue weighted by atomic mass is 10.1. The van der Waals surface area contributed by atoms with Crippen molar-refractivity contribution in [3.8, 4) is 0 Å². The molecule has 2 fully saturated rings. The molecular weight excluding hydrogens is 228 g/mol. The van der Waals surface area contributed by atoms with E-state index in [1.54, 1.807) is 7.11 Å². The Kier molecular flexibility index (Phi) is 3.40. The molecule has 2 aliphatic heterocycles. The van der Waals surface area contributed by atoms with Gasteiger partial charge in [-0.15, -0.1) is 0 Å². The lowest BCUT2D eigenvalue weighted by Crippen LogP contribution is -2.33. The van der Waals surface area contributed by atoms with Gasteiger partial charge in [0.15, 0.2) is 12.1 Å². The maximum absolute atomic E-state index is 10.8. The van der Waals surface area contributed by atoms with Crippen LogP contribution in [-0.2, 0) is 28.5 Å². The Morgan fingerprint density at radius 1 is 1.29 bits per heavy atom. The fourth-order valence-corrected chi connectivity index (χ4v) is 2.17. The molecule has 2 heterocycles. The van der Waals surface area contributed by atoms with Crippen LogP contribution >= 0.6 is 0 Å². The molecule has 0 aliphatic carbocycles. The highest BCUT2D eigenvalue weighted by Crippen LogP contribution is 2.38. The van der Waals surface area contributed by atoms with Crippen molar-refractivity contribution in [2.75, 3.05) is 13.7 Å². The molecule has 0 saturated carbocycles. The molecule has 0 spiro atoms. The highest BCUT2D eigenvalue weighted by Gasteiger charge is 2.55. The van der Waals surface area contributed by atoms with Gasteiger partial charge in [0.05, 0.1) is 0 Å². The Morgan fingerprint density at radius 3 is 2.53 bits per heavy atom. The van der Waals surface area contributed by atoms with Gasteiger partial charge in [-0.2, -0.15) is 0 Å². The van der Waals surface area contributed by atoms with Gasteiger partial charge in [-0.25, -0.2) is 0 Å². The van der Waals surface area contributed by atoms with E-state index >= 15 is 0 Å². The molecule has 0 aromatic rings. The average molecular weight is 246 g/mol. The molecule has 0 N–H and O–H groups in total. The number of carbonyl (C=O) groups excluding carboxylic acids is 1. The molecule has 17 heavy (non-hydrogen) atoms. The van der Waals surface area contributed by atoms with Gasteiger partial charge < -0.3 is 23.7 Å². The average Bonchev–Trinajstić information content (AvgIpc) is 2.68. The third kappa shape index (κ3) is 2.60. The zero-order valence-electron chi connectivity index (χ0n) is 10.5. The monoisotopic (exact) mass is 246 g/mol. The van der Waals surface area contributed by atoms with Crippen molar-refractivity contribution in [3.63, 3.8) is 0 Å². The zero-order valence-corrected chi connectivity index (χ0v) is 10.5. The van der Waals surface area contributed by atoms with Crippen LogP contribution in [0.2, 0.25) is 0 Å². The van der Waals surface area contributed by atoms with Crippen LogP contribution in [-0.4, -0.2) is 50.1 Å². The third-order valence-corrected chi connectivity index (χ3v) is 2.79. The van der Waals surface area contributed by atoms with Crippen LogP contribution in [0.15, 0.2) is 0 Å². The van der Waals surface area contributed by atoms with Crippen molar-refractivity contribution < 1.29 is 28.5 Å². The zero-order chi connectivity index (χ0) is 12.6. The van der Waals surface area contributed by atoms with Gasteiger partial charge in [-0.05, 0) is 13.8 Å². The molecule has 4 atom stereocenters. The van der Waals surface area contributed by atoms with E-state index in [0.717, 1.165) is 0 Å². The summed E-state index contributed by atoms with van der Waals surface area (Å²) in [5.74, 6) is -1.01. The minimum absolute atomic E-state index is 0.149. The van der Waals surface area contributed by atoms with Gasteiger partial charge in [-0.3, -0.25) is 4.79 Å². The molecule has 98 valence electrons. The Labute approximate surface area is 100 Å². The van der Waals surface area contributed by atoms with Crippen LogP contribution in [0.3, 0.4) is 0 Å². The quantitative estimate of drug-likeness (QED) is 0.673. The molecule has 0 bridgehead atoms. The topological polar surface area (TPSA) is 63.2 Å². The van der Waals surface area contributed by atoms with E-state index in [9.17, 15) is 4.79 Å². The van der Waals surface area contributed by atoms with Crippen LogP contribution in [0.25, 0.3) is 0 Å². The number of hydrogen-bond donors (Lipinski definition) is 0. The first-order chi connectivity index (χ1) is 7.93. The molecular formula is C11H18O6. The first-order valence-corrected chi connectivity index (χ1v) is 5.60. The van der Waals surface area contributed by atoms with Crippen molar-refractivity contribution in [2.45, 2.75) is 51.2 Å². The molecule has 6 heteroatoms. The first-order valence-electron chi connectivity index (χ1n) is 5.60. The molecule has 6 nitrogen and oxygen atoms in total. The molecule has 0 amide bonds. The van der Waals surface area contributed by atoms with Gasteiger partial charge in [0, 0.05) is 14.0 Å². The van der Waals surface area contributed by atoms with E-state index in [2.05, 4.69) is 0 Å². The first kappa shape index (κ1) is 12.8. The minimum atomic E-state index is -0.662. The summed E-state index contributed by atoms with van der Waals surface area (Å²) in [6, 6.07) is 0. The minimum Gasteiger partial charge on any atom is -0.463 e. The maximum atomic E-state index is 10.8. The van der Waals surface area contributed by atoms with Crippen LogP contribution in [0.1, 0.15) is 20.8 Å². The van der Waals surface area contributed by atoms with E-state index in [4.69, 9.17) is 23.7 Å². The van der Waals surface area contributed by atoms with Crippen LogP contribution in [0.5, 0.6) is 0 Å². The van der Waals surface area contributed by atoms with Gasteiger partial charge in [0.2, 0.25) is 0 Å². The second kappa shape index (κ2) is 4.53. The lowest BCUT2D eigenvalue weighted by Gasteiger charge is -2.23. The summed E-state index contributed by atoms with van der Waals surface area (Å²) in [6.07, 6.45) is -1.39. The number of ether oxygens (including phenoxy) is 5. The molecule has 0 aromatic carbocycles. The highest BCUT2D eigenvalue weighted by molar-refractivity contribution is 5.65. The number of hydrogen-bond acceptors (Lipinski definition) is 6. The van der Waals surface area contributed by atoms with E-state index in [-0.39, 0.29) is 30.9 Å². The normalized spacial score (nSPS) is 39.1. The standard InChI is InChI=1S/C11H18O6/c1-6(12)14-5-7-8-9(10(13-4)15-7)17-11(2,3)16-8/h7-10H,5H2,1-4H3/t7-,8-,9-,10-/m0/s1. The molecule has 0 radical (unpaired) electrons. The number of methoxy groups -OCH3 is 1. The van der Waals surface area contributed by atoms with Gasteiger partial charge in [-0.1, -0.05) is 0 Å². The van der Waals surface area contributed by atoms with Crippen molar-refractivity contribution in [2.24, 2.45) is 0 Å². The number of rotatable bonds is 3. The predicted octanol–water partition coefficient (Wildman–Crippen LogP) is 0.441. The predicted molar refractivity (Wildman–Crippen MR) is 56.1 cm³/mol. The SMILES string of the molecule is CO[C@H]1O[C@@H](COC(C)=O)[C@@H]2OC(C)(C)O[C@H]12. The van der Waals surface area contributed by atoms with E-state index < -0.39 is 12.1 Å². The summed E-state index contributed by atoms with van der Waals surface area (Å²) >= 11 is 0. The van der Waals surface area contributed by atoms with Crippen LogP contribution < -0.4 is 0 Å². The second-order valence-electron chi connectivity index (χ2n) is 4.65. The van der Waals surface area contributed by atoms with E-state index in [0.29, 0.717) is 0 Å². The molecule has 2 saturated heterocycles. The molecule has 2 rings (SSSR count). The number of fused-ring (bicyclic) bond motifs is 1. The Bertz CT molecular complexity index is 302. The number of esters is 1. The number of carbonyl (C=O) groups is 1. The Balaban J connectivity index is 2.02. The van der Waals surface area contributed by atoms with Crippen molar-refractivity contribution >= 4 is 5.97 Å². The van der Waals surface area contributed by atoms with Gasteiger partial charge in [0.25, 0.3) is 0 Å². The fraction of sp³-hybridized carbons (Fsp3) is 0.909. The largest absolute Gasteiger partial charge is 0.463 e. The van der Waals surface area contributed by atoms with E-state index in [1.807, 2.05) is 13.8 Å². The van der Waals surface area contributed by atoms with Crippen molar-refractivity contribution in [1.82, 2.24) is 0 Å². The van der Waals surface area contributed by atoms with E-state index in [1.165, 1.54) is 6.92 Å². The summed E-state index contributed by atoms with van der Waals surface area (Å²) < 4.78 is 27.1. The highest BCUT2D eigenvalue weighted by atomic mass is 16.8. The lowest BCUT2D eigenvalue weighted by molar-refractivity contribution is -0.231. The summed E-state index contributed by atoms with van der Waals surface area (Å²) in [6.45, 7) is 5.17. The summed E-state index contributed by atoms with van der Waals surface area (Å²) in [4.78, 5) is 10.8. The Morgan fingerprint density at radius 2 is 1.94 bits per heavy atom. The summed E-state index contributed by atoms with van der Waals surface area (Å²) in [5.41, 5.74) is 0. The Hall–Kier alpha value is -0.690. The maximum Gasteiger partial charge on any atom is 0.302 e. The van der Waals surface area contributed by atoms with Gasteiger partial charge >= 0.3 is 5.97 Å². The second-order valence-corrected chi connectivity index (χ2v) is 4.65. The van der Waals surface area contributed by atoms with Crippen LogP contribution in [0, 0.1) is 0 Å². The summed E-state index contributed by atoms with van der Waals surface area (Å²) in [5, 5.41) is 0. The fourth-order valence-electron chi connectivity index (χ4n) is 2.17. The molecule has 0 aromatic heterocycles. The third-order valence-electron chi connectivity index (χ3n) is 2.79. The van der Waals surface area contributed by atoms with Crippen molar-refractivity contribution in [1.29, 1.82) is 0 Å². The molecule has 2 aliphatic rings.